The Morgan fingerprint density at radius 1 is 1.25 bits per heavy atom. The molecule has 0 fully saturated rings. The Bertz CT molecular complexity index is 708. The van der Waals surface area contributed by atoms with Crippen LogP contribution in [0.2, 0.25) is 5.02 Å². The van der Waals surface area contributed by atoms with E-state index in [1.807, 2.05) is 24.4 Å². The largest absolute Gasteiger partial charge is 0.334 e. The van der Waals surface area contributed by atoms with Crippen molar-refractivity contribution in [3.63, 3.8) is 0 Å². The average molecular weight is 324 g/mol. The predicted molar refractivity (Wildman–Crippen MR) is 81.2 cm³/mol. The molecule has 0 bridgehead atoms. The molecule has 0 saturated carbocycles. The second-order valence-corrected chi connectivity index (χ2v) is 6.58. The summed E-state index contributed by atoms with van der Waals surface area (Å²) in [5, 5.41) is 6.68. The van der Waals surface area contributed by atoms with Gasteiger partial charge < -0.3 is 4.52 Å². The summed E-state index contributed by atoms with van der Waals surface area (Å²) in [6, 6.07) is 7.32. The number of benzene rings is 1. The Labute approximate surface area is 129 Å². The Kier molecular flexibility index (Phi) is 4.05. The van der Waals surface area contributed by atoms with E-state index in [0.29, 0.717) is 22.5 Å². The van der Waals surface area contributed by atoms with Crippen LogP contribution in [0.3, 0.4) is 0 Å². The second-order valence-electron chi connectivity index (χ2n) is 4.07. The molecule has 0 amide bonds. The third-order valence-electron chi connectivity index (χ3n) is 2.48. The van der Waals surface area contributed by atoms with E-state index in [9.17, 15) is 0 Å². The number of hydrogen-bond donors (Lipinski definition) is 0. The van der Waals surface area contributed by atoms with E-state index in [1.165, 1.54) is 0 Å². The first-order valence-electron chi connectivity index (χ1n) is 5.84. The zero-order valence-electron chi connectivity index (χ0n) is 10.5. The van der Waals surface area contributed by atoms with Crippen molar-refractivity contribution in [2.24, 2.45) is 0 Å². The Balaban J connectivity index is 1.69. The van der Waals surface area contributed by atoms with Gasteiger partial charge in [-0.25, -0.2) is 4.98 Å². The molecule has 0 radical (unpaired) electrons. The van der Waals surface area contributed by atoms with Gasteiger partial charge in [0.1, 0.15) is 0 Å². The van der Waals surface area contributed by atoms with Crippen molar-refractivity contribution < 1.29 is 4.52 Å². The molecular formula is C13H10ClN3OS2. The number of thioether (sulfide) groups is 1. The van der Waals surface area contributed by atoms with Gasteiger partial charge in [-0.15, -0.1) is 11.3 Å². The van der Waals surface area contributed by atoms with E-state index in [4.69, 9.17) is 16.1 Å². The zero-order valence-corrected chi connectivity index (χ0v) is 12.9. The van der Waals surface area contributed by atoms with Crippen molar-refractivity contribution in [1.82, 2.24) is 15.1 Å². The van der Waals surface area contributed by atoms with Gasteiger partial charge in [0.2, 0.25) is 0 Å². The smallest absolute Gasteiger partial charge is 0.257 e. The topological polar surface area (TPSA) is 51.8 Å². The summed E-state index contributed by atoms with van der Waals surface area (Å²) in [5.41, 5.74) is 1.90. The van der Waals surface area contributed by atoms with Gasteiger partial charge in [0, 0.05) is 21.7 Å². The van der Waals surface area contributed by atoms with E-state index in [-0.39, 0.29) is 0 Å². The lowest BCUT2D eigenvalue weighted by Gasteiger charge is -1.93. The number of thiazole rings is 1. The fraction of sp³-hybridized carbons (Fsp3) is 0.154. The van der Waals surface area contributed by atoms with Crippen LogP contribution in [0, 0.1) is 6.92 Å². The molecule has 0 N–H and O–H groups in total. The molecule has 0 atom stereocenters. The first-order chi connectivity index (χ1) is 9.70. The van der Waals surface area contributed by atoms with Crippen molar-refractivity contribution in [2.45, 2.75) is 17.0 Å². The lowest BCUT2D eigenvalue weighted by atomic mass is 10.2. The van der Waals surface area contributed by atoms with E-state index in [1.54, 1.807) is 35.2 Å². The first-order valence-corrected chi connectivity index (χ1v) is 8.08. The standard InChI is InChI=1S/C13H10ClN3OS2/c1-8-6-19-13(15-8)20-7-11-16-12(18-17-11)9-2-4-10(14)5-3-9/h2-6H,7H2,1H3. The lowest BCUT2D eigenvalue weighted by molar-refractivity contribution is 0.425. The van der Waals surface area contributed by atoms with Crippen LogP contribution >= 0.6 is 34.7 Å². The van der Waals surface area contributed by atoms with Gasteiger partial charge in [0.25, 0.3) is 5.89 Å². The number of halogens is 1. The Morgan fingerprint density at radius 2 is 2.05 bits per heavy atom. The lowest BCUT2D eigenvalue weighted by Crippen LogP contribution is -1.84. The molecule has 2 aromatic heterocycles. The first kappa shape index (κ1) is 13.6. The monoisotopic (exact) mass is 323 g/mol. The molecule has 3 aromatic rings. The van der Waals surface area contributed by atoms with Crippen LogP contribution in [0.15, 0.2) is 38.5 Å². The molecule has 7 heteroatoms. The molecule has 102 valence electrons. The van der Waals surface area contributed by atoms with Crippen molar-refractivity contribution >= 4 is 34.7 Å². The van der Waals surface area contributed by atoms with E-state index in [2.05, 4.69) is 15.1 Å². The minimum Gasteiger partial charge on any atom is -0.334 e. The van der Waals surface area contributed by atoms with Crippen LogP contribution < -0.4 is 0 Å². The maximum absolute atomic E-state index is 5.85. The fourth-order valence-electron chi connectivity index (χ4n) is 1.55. The number of aromatic nitrogens is 3. The van der Waals surface area contributed by atoms with Gasteiger partial charge in [-0.2, -0.15) is 4.98 Å². The normalized spacial score (nSPS) is 10.9. The number of nitrogens with zero attached hydrogens (tertiary/aromatic N) is 3. The van der Waals surface area contributed by atoms with E-state index in [0.717, 1.165) is 15.6 Å². The summed E-state index contributed by atoms with van der Waals surface area (Å²) in [4.78, 5) is 8.75. The zero-order chi connectivity index (χ0) is 13.9. The summed E-state index contributed by atoms with van der Waals surface area (Å²) >= 11 is 9.08. The third kappa shape index (κ3) is 3.20. The van der Waals surface area contributed by atoms with Crippen LogP contribution in [0.5, 0.6) is 0 Å². The second kappa shape index (κ2) is 5.95. The summed E-state index contributed by atoms with van der Waals surface area (Å²) in [7, 11) is 0. The summed E-state index contributed by atoms with van der Waals surface area (Å²) < 4.78 is 6.26. The van der Waals surface area contributed by atoms with Crippen LogP contribution in [0.1, 0.15) is 11.5 Å². The maximum Gasteiger partial charge on any atom is 0.257 e. The van der Waals surface area contributed by atoms with Crippen LogP contribution in [0.25, 0.3) is 11.5 Å². The molecule has 1 aromatic carbocycles. The predicted octanol–water partition coefficient (Wildman–Crippen LogP) is 4.45. The summed E-state index contributed by atoms with van der Waals surface area (Å²) in [6.45, 7) is 1.98. The fourth-order valence-corrected chi connectivity index (χ4v) is 3.37. The molecule has 0 unspecified atom stereocenters. The highest BCUT2D eigenvalue weighted by Crippen LogP contribution is 2.26. The molecule has 0 aliphatic heterocycles. The molecule has 0 spiro atoms. The van der Waals surface area contributed by atoms with Gasteiger partial charge in [-0.05, 0) is 31.2 Å². The Hall–Kier alpha value is -1.37. The SMILES string of the molecule is Cc1csc(SCc2noc(-c3ccc(Cl)cc3)n2)n1. The molecule has 2 heterocycles. The number of rotatable bonds is 4. The highest BCUT2D eigenvalue weighted by Gasteiger charge is 2.10. The summed E-state index contributed by atoms with van der Waals surface area (Å²) in [6.07, 6.45) is 0. The molecule has 3 rings (SSSR count). The third-order valence-corrected chi connectivity index (χ3v) is 4.87. The minimum atomic E-state index is 0.507. The van der Waals surface area contributed by atoms with Crippen LogP contribution in [0.4, 0.5) is 0 Å². The van der Waals surface area contributed by atoms with Crippen LogP contribution in [-0.4, -0.2) is 15.1 Å². The molecule has 0 aliphatic rings. The highest BCUT2D eigenvalue weighted by atomic mass is 35.5. The van der Waals surface area contributed by atoms with Gasteiger partial charge in [-0.1, -0.05) is 28.5 Å². The van der Waals surface area contributed by atoms with Crippen molar-refractivity contribution in [2.75, 3.05) is 0 Å². The van der Waals surface area contributed by atoms with Crippen molar-refractivity contribution in [3.8, 4) is 11.5 Å². The summed E-state index contributed by atoms with van der Waals surface area (Å²) in [5.74, 6) is 1.81. The quantitative estimate of drug-likeness (QED) is 0.664. The number of hydrogen-bond acceptors (Lipinski definition) is 6. The average Bonchev–Trinajstić information content (AvgIpc) is 3.06. The highest BCUT2D eigenvalue weighted by molar-refractivity contribution is 8.00. The minimum absolute atomic E-state index is 0.507. The number of aryl methyl sites for hydroxylation is 1. The molecule has 4 nitrogen and oxygen atoms in total. The van der Waals surface area contributed by atoms with E-state index >= 15 is 0 Å². The Morgan fingerprint density at radius 3 is 2.75 bits per heavy atom. The molecule has 20 heavy (non-hydrogen) atoms. The molecule has 0 saturated heterocycles. The van der Waals surface area contributed by atoms with E-state index < -0.39 is 0 Å². The van der Waals surface area contributed by atoms with Gasteiger partial charge in [0.05, 0.1) is 5.75 Å². The van der Waals surface area contributed by atoms with Gasteiger partial charge >= 0.3 is 0 Å². The maximum atomic E-state index is 5.85. The van der Waals surface area contributed by atoms with Crippen molar-refractivity contribution in [1.29, 1.82) is 0 Å². The van der Waals surface area contributed by atoms with Crippen molar-refractivity contribution in [3.05, 3.63) is 46.2 Å². The van der Waals surface area contributed by atoms with Crippen LogP contribution in [-0.2, 0) is 5.75 Å². The molecular weight excluding hydrogens is 314 g/mol. The van der Waals surface area contributed by atoms with Gasteiger partial charge in [0.15, 0.2) is 10.2 Å². The molecule has 0 aliphatic carbocycles. The van der Waals surface area contributed by atoms with Gasteiger partial charge in [-0.3, -0.25) is 0 Å².